The molecule has 1 heterocycles. The fourth-order valence-electron chi connectivity index (χ4n) is 2.51. The molecule has 3 amide bonds. The summed E-state index contributed by atoms with van der Waals surface area (Å²) in [6.07, 6.45) is 0.114. The number of methoxy groups -OCH3 is 2. The quantitative estimate of drug-likeness (QED) is 0.486. The molecule has 0 aliphatic rings. The standard InChI is InChI=1S/C20H26N4O5S/c1-28-10-8-21-17(25)12-16-14-30-20(22-16)23-18(26)13-24(9-11-29-2)19(27)15-6-4-3-5-7-15/h3-7,14H,8-13H2,1-2H3,(H,21,25)(H,22,23,26). The van der Waals surface area contributed by atoms with Crippen LogP contribution in [0.3, 0.4) is 0 Å². The molecule has 0 saturated carbocycles. The molecule has 2 rings (SSSR count). The molecule has 0 saturated heterocycles. The monoisotopic (exact) mass is 434 g/mol. The largest absolute Gasteiger partial charge is 0.383 e. The minimum Gasteiger partial charge on any atom is -0.383 e. The average molecular weight is 435 g/mol. The Hall–Kier alpha value is -2.82. The van der Waals surface area contributed by atoms with E-state index in [0.29, 0.717) is 36.1 Å². The Kier molecular flexibility index (Phi) is 9.92. The Morgan fingerprint density at radius 2 is 1.80 bits per heavy atom. The third-order valence-electron chi connectivity index (χ3n) is 3.98. The summed E-state index contributed by atoms with van der Waals surface area (Å²) in [5.74, 6) is -0.800. The molecule has 1 aromatic carbocycles. The molecule has 0 bridgehead atoms. The molecule has 2 N–H and O–H groups in total. The highest BCUT2D eigenvalue weighted by Gasteiger charge is 2.19. The van der Waals surface area contributed by atoms with Gasteiger partial charge in [-0.25, -0.2) is 4.98 Å². The third-order valence-corrected chi connectivity index (χ3v) is 4.78. The molecular formula is C20H26N4O5S. The van der Waals surface area contributed by atoms with Crippen molar-refractivity contribution in [3.05, 3.63) is 47.0 Å². The zero-order valence-corrected chi connectivity index (χ0v) is 17.9. The van der Waals surface area contributed by atoms with Crippen LogP contribution in [-0.4, -0.2) is 74.7 Å². The van der Waals surface area contributed by atoms with Crippen LogP contribution in [0, 0.1) is 0 Å². The van der Waals surface area contributed by atoms with Crippen LogP contribution in [0.5, 0.6) is 0 Å². The van der Waals surface area contributed by atoms with Gasteiger partial charge in [-0.15, -0.1) is 11.3 Å². The third kappa shape index (κ3) is 7.90. The molecule has 0 atom stereocenters. The number of thiazole rings is 1. The van der Waals surface area contributed by atoms with Crippen LogP contribution in [-0.2, 0) is 25.5 Å². The summed E-state index contributed by atoms with van der Waals surface area (Å²) in [7, 11) is 3.10. The lowest BCUT2D eigenvalue weighted by atomic mass is 10.2. The predicted octanol–water partition coefficient (Wildman–Crippen LogP) is 1.18. The summed E-state index contributed by atoms with van der Waals surface area (Å²) < 4.78 is 9.93. The van der Waals surface area contributed by atoms with E-state index < -0.39 is 0 Å². The molecule has 0 spiro atoms. The zero-order chi connectivity index (χ0) is 21.8. The van der Waals surface area contributed by atoms with E-state index in [0.717, 1.165) is 0 Å². The normalized spacial score (nSPS) is 10.5. The molecule has 2 aromatic rings. The van der Waals surface area contributed by atoms with Crippen LogP contribution >= 0.6 is 11.3 Å². The van der Waals surface area contributed by atoms with Gasteiger partial charge in [0, 0.05) is 38.3 Å². The molecule has 0 unspecified atom stereocenters. The van der Waals surface area contributed by atoms with Gasteiger partial charge in [0.05, 0.1) is 25.3 Å². The first-order valence-corrected chi connectivity index (χ1v) is 10.2. The van der Waals surface area contributed by atoms with Gasteiger partial charge >= 0.3 is 0 Å². The summed E-state index contributed by atoms with van der Waals surface area (Å²) in [5.41, 5.74) is 1.05. The topological polar surface area (TPSA) is 110 Å². The predicted molar refractivity (Wildman–Crippen MR) is 114 cm³/mol. The number of nitrogens with zero attached hydrogens (tertiary/aromatic N) is 2. The van der Waals surface area contributed by atoms with E-state index in [1.54, 1.807) is 36.8 Å². The van der Waals surface area contributed by atoms with Gasteiger partial charge in [0.2, 0.25) is 11.8 Å². The highest BCUT2D eigenvalue weighted by atomic mass is 32.1. The van der Waals surface area contributed by atoms with Crippen molar-refractivity contribution in [3.8, 4) is 0 Å². The maximum Gasteiger partial charge on any atom is 0.254 e. The van der Waals surface area contributed by atoms with E-state index in [1.165, 1.54) is 23.3 Å². The lowest BCUT2D eigenvalue weighted by Gasteiger charge is -2.21. The summed E-state index contributed by atoms with van der Waals surface area (Å²) in [4.78, 5) is 42.7. The van der Waals surface area contributed by atoms with Gasteiger partial charge in [0.1, 0.15) is 6.54 Å². The van der Waals surface area contributed by atoms with Crippen LogP contribution in [0.15, 0.2) is 35.7 Å². The van der Waals surface area contributed by atoms with E-state index in [-0.39, 0.29) is 37.2 Å². The number of anilines is 1. The molecule has 162 valence electrons. The Morgan fingerprint density at radius 3 is 2.50 bits per heavy atom. The maximum atomic E-state index is 12.7. The van der Waals surface area contributed by atoms with Crippen LogP contribution in [0.1, 0.15) is 16.1 Å². The van der Waals surface area contributed by atoms with E-state index >= 15 is 0 Å². The molecule has 30 heavy (non-hydrogen) atoms. The molecule has 0 aliphatic heterocycles. The van der Waals surface area contributed by atoms with Crippen molar-refractivity contribution >= 4 is 34.2 Å². The van der Waals surface area contributed by atoms with Crippen LogP contribution < -0.4 is 10.6 Å². The van der Waals surface area contributed by atoms with Crippen molar-refractivity contribution in [1.29, 1.82) is 0 Å². The second-order valence-corrected chi connectivity index (χ2v) is 7.16. The summed E-state index contributed by atoms with van der Waals surface area (Å²) in [5, 5.41) is 7.48. The highest BCUT2D eigenvalue weighted by molar-refractivity contribution is 7.13. The lowest BCUT2D eigenvalue weighted by Crippen LogP contribution is -2.40. The van der Waals surface area contributed by atoms with Gasteiger partial charge in [-0.3, -0.25) is 14.4 Å². The van der Waals surface area contributed by atoms with Gasteiger partial charge in [-0.05, 0) is 12.1 Å². The number of aromatic nitrogens is 1. The number of carbonyl (C=O) groups excluding carboxylic acids is 3. The summed E-state index contributed by atoms with van der Waals surface area (Å²) in [6.45, 7) is 1.32. The maximum absolute atomic E-state index is 12.7. The molecule has 10 heteroatoms. The number of amides is 3. The highest BCUT2D eigenvalue weighted by Crippen LogP contribution is 2.16. The number of carbonyl (C=O) groups is 3. The molecule has 1 aromatic heterocycles. The second kappa shape index (κ2) is 12.7. The number of nitrogens with one attached hydrogen (secondary N) is 2. The van der Waals surface area contributed by atoms with Crippen molar-refractivity contribution in [2.24, 2.45) is 0 Å². The first-order chi connectivity index (χ1) is 14.5. The summed E-state index contributed by atoms with van der Waals surface area (Å²) in [6, 6.07) is 8.76. The Morgan fingerprint density at radius 1 is 1.07 bits per heavy atom. The number of hydrogen-bond donors (Lipinski definition) is 2. The molecular weight excluding hydrogens is 408 g/mol. The van der Waals surface area contributed by atoms with Crippen molar-refractivity contribution in [2.45, 2.75) is 6.42 Å². The number of ether oxygens (including phenoxy) is 2. The van der Waals surface area contributed by atoms with Crippen molar-refractivity contribution < 1.29 is 23.9 Å². The fourth-order valence-corrected chi connectivity index (χ4v) is 3.24. The van der Waals surface area contributed by atoms with E-state index in [1.807, 2.05) is 6.07 Å². The Bertz CT molecular complexity index is 828. The zero-order valence-electron chi connectivity index (χ0n) is 17.1. The van der Waals surface area contributed by atoms with Gasteiger partial charge in [0.15, 0.2) is 5.13 Å². The molecule has 9 nitrogen and oxygen atoms in total. The minimum absolute atomic E-state index is 0.114. The first-order valence-electron chi connectivity index (χ1n) is 9.36. The fraction of sp³-hybridized carbons (Fsp3) is 0.400. The van der Waals surface area contributed by atoms with Crippen LogP contribution in [0.25, 0.3) is 0 Å². The number of rotatable bonds is 12. The van der Waals surface area contributed by atoms with Gasteiger partial charge < -0.3 is 25.0 Å². The van der Waals surface area contributed by atoms with Crippen LogP contribution in [0.2, 0.25) is 0 Å². The summed E-state index contributed by atoms with van der Waals surface area (Å²) >= 11 is 1.22. The minimum atomic E-state index is -0.374. The van der Waals surface area contributed by atoms with Crippen LogP contribution in [0.4, 0.5) is 5.13 Å². The molecule has 0 fully saturated rings. The van der Waals surface area contributed by atoms with Gasteiger partial charge in [-0.1, -0.05) is 18.2 Å². The van der Waals surface area contributed by atoms with Crippen molar-refractivity contribution in [1.82, 2.24) is 15.2 Å². The lowest BCUT2D eigenvalue weighted by molar-refractivity contribution is -0.120. The average Bonchev–Trinajstić information content (AvgIpc) is 3.17. The Labute approximate surface area is 179 Å². The van der Waals surface area contributed by atoms with Gasteiger partial charge in [-0.2, -0.15) is 0 Å². The smallest absolute Gasteiger partial charge is 0.254 e. The second-order valence-electron chi connectivity index (χ2n) is 6.30. The van der Waals surface area contributed by atoms with E-state index in [4.69, 9.17) is 9.47 Å². The molecule has 0 radical (unpaired) electrons. The number of benzene rings is 1. The van der Waals surface area contributed by atoms with Gasteiger partial charge in [0.25, 0.3) is 5.91 Å². The van der Waals surface area contributed by atoms with Crippen molar-refractivity contribution in [3.63, 3.8) is 0 Å². The SMILES string of the molecule is COCCNC(=O)Cc1csc(NC(=O)CN(CCOC)C(=O)c2ccccc2)n1. The first kappa shape index (κ1) is 23.5. The van der Waals surface area contributed by atoms with E-state index in [9.17, 15) is 14.4 Å². The van der Waals surface area contributed by atoms with Crippen molar-refractivity contribution in [2.75, 3.05) is 52.4 Å². The number of hydrogen-bond acceptors (Lipinski definition) is 7. The Balaban J connectivity index is 1.91. The molecule has 0 aliphatic carbocycles. The van der Waals surface area contributed by atoms with E-state index in [2.05, 4.69) is 15.6 Å².